The number of halogens is 8. The number of rotatable bonds is 8. The molecule has 0 aliphatic rings. The van der Waals surface area contributed by atoms with Gasteiger partial charge in [0, 0.05) is 0 Å². The minimum absolute atomic E-state index is 0.00328. The molecule has 29 heavy (non-hydrogen) atoms. The van der Waals surface area contributed by atoms with Crippen LogP contribution in [0.5, 0.6) is 0 Å². The van der Waals surface area contributed by atoms with Crippen molar-refractivity contribution in [2.75, 3.05) is 0 Å². The van der Waals surface area contributed by atoms with Crippen LogP contribution in [-0.4, -0.2) is 18.4 Å². The normalized spacial score (nSPS) is 11.9. The van der Waals surface area contributed by atoms with Gasteiger partial charge in [-0.25, -0.2) is 0 Å². The fraction of sp³-hybridized carbons (Fsp3) is 0.400. The predicted octanol–water partition coefficient (Wildman–Crippen LogP) is 5.96. The molecule has 0 aromatic heterocycles. The summed E-state index contributed by atoms with van der Waals surface area (Å²) in [6, 6.07) is 0.00657. The Bertz CT molecular complexity index is 771. The third kappa shape index (κ3) is 4.41. The van der Waals surface area contributed by atoms with E-state index in [0.717, 1.165) is 0 Å². The Morgan fingerprint density at radius 1 is 0.552 bits per heavy atom. The Balaban J connectivity index is 3.04. The van der Waals surface area contributed by atoms with E-state index in [1.54, 1.807) is 13.8 Å². The van der Waals surface area contributed by atoms with Gasteiger partial charge in [-0.15, -0.1) is 0 Å². The van der Waals surface area contributed by atoms with Crippen molar-refractivity contribution in [3.63, 3.8) is 0 Å². The molecule has 0 N–H and O–H groups in total. The van der Waals surface area contributed by atoms with Gasteiger partial charge in [0.15, 0.2) is 0 Å². The van der Waals surface area contributed by atoms with Crippen LogP contribution >= 0.6 is 0 Å². The van der Waals surface area contributed by atoms with Crippen molar-refractivity contribution in [3.05, 3.63) is 58.7 Å². The number of unbranched alkanes of at least 4 members (excludes halogenated alkanes) is 2. The maximum absolute atomic E-state index is 14.8. The quantitative estimate of drug-likeness (QED) is 0.224. The van der Waals surface area contributed by atoms with Crippen molar-refractivity contribution in [2.24, 2.45) is 0 Å². The van der Waals surface area contributed by atoms with E-state index in [2.05, 4.69) is 0 Å². The van der Waals surface area contributed by atoms with Crippen molar-refractivity contribution >= 4 is 25.5 Å². The molecule has 2 aromatic carbocycles. The summed E-state index contributed by atoms with van der Waals surface area (Å²) in [6.45, 7) is 3.41. The summed E-state index contributed by atoms with van der Waals surface area (Å²) in [5.74, 6) is -13.9. The summed E-state index contributed by atoms with van der Waals surface area (Å²) in [4.78, 5) is 0. The zero-order chi connectivity index (χ0) is 21.9. The van der Waals surface area contributed by atoms with Gasteiger partial charge in [0.1, 0.15) is 0 Å². The van der Waals surface area contributed by atoms with E-state index < -0.39 is 72.1 Å². The molecule has 0 fully saturated rings. The van der Waals surface area contributed by atoms with E-state index in [1.165, 1.54) is 0 Å². The first-order chi connectivity index (χ1) is 13.6. The van der Waals surface area contributed by atoms with Crippen LogP contribution in [0.2, 0.25) is 8.87 Å². The summed E-state index contributed by atoms with van der Waals surface area (Å²) in [6.07, 6.45) is 1.31. The molecule has 0 heterocycles. The molecule has 9 heteroatoms. The molecule has 0 radical (unpaired) electrons. The molecular formula is C20H20F8Sn. The van der Waals surface area contributed by atoms with Gasteiger partial charge in [-0.1, -0.05) is 0 Å². The molecule has 2 aromatic rings. The van der Waals surface area contributed by atoms with Gasteiger partial charge in [0.05, 0.1) is 0 Å². The topological polar surface area (TPSA) is 0 Å². The molecule has 0 saturated heterocycles. The molecule has 0 atom stereocenters. The van der Waals surface area contributed by atoms with Crippen LogP contribution in [-0.2, 0) is 0 Å². The van der Waals surface area contributed by atoms with E-state index in [4.69, 9.17) is 0 Å². The van der Waals surface area contributed by atoms with Crippen molar-refractivity contribution in [1.82, 2.24) is 0 Å². The third-order valence-corrected chi connectivity index (χ3v) is 20.0. The summed E-state index contributed by atoms with van der Waals surface area (Å²) < 4.78 is 113. The summed E-state index contributed by atoms with van der Waals surface area (Å²) in [7, 11) is 0. The standard InChI is InChI=1S/2C6HF4.2C4H9.Sn/c2*7-3-1-4(8)6(10)2-5(3)9;2*1-3-4-2;/h2*1H;2*1,3-4H2,2H3;. The average Bonchev–Trinajstić information content (AvgIpc) is 2.67. The monoisotopic (exact) mass is 532 g/mol. The van der Waals surface area contributed by atoms with Gasteiger partial charge in [0.25, 0.3) is 0 Å². The number of hydrogen-bond acceptors (Lipinski definition) is 0. The van der Waals surface area contributed by atoms with E-state index in [1.807, 2.05) is 0 Å². The molecule has 0 unspecified atom stereocenters. The van der Waals surface area contributed by atoms with Gasteiger partial charge in [0.2, 0.25) is 0 Å². The van der Waals surface area contributed by atoms with E-state index >= 15 is 0 Å². The van der Waals surface area contributed by atoms with Crippen LogP contribution in [0.3, 0.4) is 0 Å². The Hall–Kier alpha value is -1.32. The second kappa shape index (κ2) is 9.66. The van der Waals surface area contributed by atoms with Gasteiger partial charge >= 0.3 is 168 Å². The zero-order valence-corrected chi connectivity index (χ0v) is 18.8. The molecule has 0 saturated carbocycles. The molecule has 0 nitrogen and oxygen atoms in total. The first-order valence-electron chi connectivity index (χ1n) is 9.29. The third-order valence-electron chi connectivity index (χ3n) is 5.09. The molecule has 0 aliphatic heterocycles. The SMILES string of the molecule is CCC[CH2][Sn]([CH2]CCC)([c]1c(F)c(F)cc(F)c1F)[c]1c(F)c(F)cc(F)c1F. The van der Waals surface area contributed by atoms with E-state index in [9.17, 15) is 35.1 Å². The Kier molecular flexibility index (Phi) is 7.98. The fourth-order valence-electron chi connectivity index (χ4n) is 3.69. The predicted molar refractivity (Wildman–Crippen MR) is 97.0 cm³/mol. The van der Waals surface area contributed by atoms with Gasteiger partial charge < -0.3 is 0 Å². The first kappa shape index (κ1) is 24.0. The minimum atomic E-state index is -5.38. The van der Waals surface area contributed by atoms with E-state index in [-0.39, 0.29) is 33.8 Å². The molecular weight excluding hydrogens is 511 g/mol. The van der Waals surface area contributed by atoms with E-state index in [0.29, 0.717) is 12.8 Å². The number of benzene rings is 2. The first-order valence-corrected chi connectivity index (χ1v) is 16.2. The molecule has 160 valence electrons. The Labute approximate surface area is 167 Å². The van der Waals surface area contributed by atoms with Crippen molar-refractivity contribution in [3.8, 4) is 0 Å². The zero-order valence-electron chi connectivity index (χ0n) is 15.9. The van der Waals surface area contributed by atoms with Gasteiger partial charge in [-0.3, -0.25) is 0 Å². The van der Waals surface area contributed by atoms with Gasteiger partial charge in [-0.2, -0.15) is 0 Å². The molecule has 0 aliphatic carbocycles. The molecule has 2 rings (SSSR count). The molecule has 0 amide bonds. The Morgan fingerprint density at radius 2 is 0.828 bits per heavy atom. The van der Waals surface area contributed by atoms with Crippen LogP contribution in [0.1, 0.15) is 39.5 Å². The summed E-state index contributed by atoms with van der Waals surface area (Å²) >= 11 is -5.38. The van der Waals surface area contributed by atoms with Crippen LogP contribution in [0.4, 0.5) is 35.1 Å². The fourth-order valence-corrected chi connectivity index (χ4v) is 19.6. The average molecular weight is 531 g/mol. The van der Waals surface area contributed by atoms with Crippen molar-refractivity contribution in [2.45, 2.75) is 48.4 Å². The summed E-state index contributed by atoms with van der Waals surface area (Å²) in [5, 5.41) is 0. The maximum atomic E-state index is 14.8. The van der Waals surface area contributed by atoms with Crippen molar-refractivity contribution < 1.29 is 35.1 Å². The summed E-state index contributed by atoms with van der Waals surface area (Å²) in [5.41, 5.74) is 0. The molecule has 0 bridgehead atoms. The van der Waals surface area contributed by atoms with Gasteiger partial charge in [-0.05, 0) is 0 Å². The number of hydrogen-bond donors (Lipinski definition) is 0. The van der Waals surface area contributed by atoms with Crippen molar-refractivity contribution in [1.29, 1.82) is 0 Å². The van der Waals surface area contributed by atoms with Crippen LogP contribution < -0.4 is 7.16 Å². The second-order valence-corrected chi connectivity index (χ2v) is 18.9. The molecule has 0 spiro atoms. The van der Waals surface area contributed by atoms with Crippen LogP contribution in [0.15, 0.2) is 12.1 Å². The van der Waals surface area contributed by atoms with Crippen LogP contribution in [0.25, 0.3) is 0 Å². The Morgan fingerprint density at radius 3 is 1.07 bits per heavy atom. The second-order valence-electron chi connectivity index (χ2n) is 6.98. The van der Waals surface area contributed by atoms with Crippen LogP contribution in [0, 0.1) is 46.5 Å².